The van der Waals surface area contributed by atoms with Gasteiger partial charge in [0, 0.05) is 12.1 Å². The maximum Gasteiger partial charge on any atom is 0.309 e. The third-order valence-corrected chi connectivity index (χ3v) is 6.50. The van der Waals surface area contributed by atoms with Crippen molar-refractivity contribution in [3.8, 4) is 0 Å². The molecule has 1 N–H and O–H groups in total. The number of imide groups is 1. The molecule has 2 unspecified atom stereocenters. The molecule has 0 bridgehead atoms. The summed E-state index contributed by atoms with van der Waals surface area (Å²) >= 11 is 6.18. The van der Waals surface area contributed by atoms with Gasteiger partial charge in [0.15, 0.2) is 0 Å². The number of carbonyl (C=O) groups is 4. The first-order valence-electron chi connectivity index (χ1n) is 10.6. The van der Waals surface area contributed by atoms with Crippen LogP contribution in [0.15, 0.2) is 42.5 Å². The van der Waals surface area contributed by atoms with E-state index >= 15 is 0 Å². The van der Waals surface area contributed by atoms with Gasteiger partial charge in [-0.05, 0) is 49.1 Å². The first-order valence-corrected chi connectivity index (χ1v) is 10.9. The zero-order chi connectivity index (χ0) is 22.8. The molecule has 0 saturated heterocycles. The molecule has 2 aromatic rings. The van der Waals surface area contributed by atoms with Gasteiger partial charge < -0.3 is 10.1 Å². The van der Waals surface area contributed by atoms with Gasteiger partial charge in [-0.25, -0.2) is 4.90 Å². The van der Waals surface area contributed by atoms with Gasteiger partial charge in [-0.15, -0.1) is 0 Å². The lowest BCUT2D eigenvalue weighted by molar-refractivity contribution is -0.148. The SMILES string of the molecule is COC(=O)C1CCCCC1CNC(=O)c1ccc2c(c1)C(=O)N(c1ccccc1Cl)C2=O. The number of anilines is 1. The summed E-state index contributed by atoms with van der Waals surface area (Å²) in [6.45, 7) is 0.342. The van der Waals surface area contributed by atoms with Crippen LogP contribution in [0.25, 0.3) is 0 Å². The number of nitrogens with zero attached hydrogens (tertiary/aromatic N) is 1. The van der Waals surface area contributed by atoms with E-state index in [4.69, 9.17) is 16.3 Å². The van der Waals surface area contributed by atoms with Crippen molar-refractivity contribution in [1.29, 1.82) is 0 Å². The van der Waals surface area contributed by atoms with E-state index in [1.807, 2.05) is 0 Å². The molecular weight excluding hydrogens is 432 g/mol. The molecule has 4 rings (SSSR count). The topological polar surface area (TPSA) is 92.8 Å². The van der Waals surface area contributed by atoms with Gasteiger partial charge in [0.2, 0.25) is 0 Å². The van der Waals surface area contributed by atoms with Gasteiger partial charge in [0.25, 0.3) is 17.7 Å². The molecule has 2 aliphatic rings. The highest BCUT2D eigenvalue weighted by molar-refractivity contribution is 6.39. The lowest BCUT2D eigenvalue weighted by Crippen LogP contribution is -2.37. The third-order valence-electron chi connectivity index (χ3n) is 6.18. The maximum atomic E-state index is 13.0. The average molecular weight is 455 g/mol. The number of esters is 1. The predicted molar refractivity (Wildman–Crippen MR) is 119 cm³/mol. The Balaban J connectivity index is 1.50. The van der Waals surface area contributed by atoms with Gasteiger partial charge >= 0.3 is 5.97 Å². The zero-order valence-electron chi connectivity index (χ0n) is 17.6. The van der Waals surface area contributed by atoms with Crippen molar-refractivity contribution in [3.05, 3.63) is 64.2 Å². The molecule has 2 atom stereocenters. The molecule has 166 valence electrons. The Kier molecular flexibility index (Phi) is 6.28. The van der Waals surface area contributed by atoms with E-state index < -0.39 is 11.8 Å². The molecular formula is C24H23ClN2O5. The summed E-state index contributed by atoms with van der Waals surface area (Å²) in [5.41, 5.74) is 0.964. The molecule has 8 heteroatoms. The summed E-state index contributed by atoms with van der Waals surface area (Å²) in [7, 11) is 1.38. The van der Waals surface area contributed by atoms with Crippen molar-refractivity contribution in [2.24, 2.45) is 11.8 Å². The summed E-state index contributed by atoms with van der Waals surface area (Å²) in [4.78, 5) is 51.6. The number of para-hydroxylation sites is 1. The van der Waals surface area contributed by atoms with E-state index in [0.717, 1.165) is 30.6 Å². The number of hydrogen-bond donors (Lipinski definition) is 1. The summed E-state index contributed by atoms with van der Waals surface area (Å²) in [6, 6.07) is 11.0. The number of fused-ring (bicyclic) bond motifs is 1. The van der Waals surface area contributed by atoms with E-state index in [1.165, 1.54) is 25.3 Å². The number of benzene rings is 2. The standard InChI is InChI=1S/C24H23ClN2O5/c1-32-24(31)16-7-3-2-6-15(16)13-26-21(28)14-10-11-17-18(12-14)23(30)27(22(17)29)20-9-5-4-8-19(20)25/h4-5,8-12,15-16H,2-3,6-7,13H2,1H3,(H,26,28). The number of nitrogens with one attached hydrogen (secondary N) is 1. The largest absolute Gasteiger partial charge is 0.469 e. The minimum Gasteiger partial charge on any atom is -0.469 e. The number of methoxy groups -OCH3 is 1. The molecule has 0 radical (unpaired) electrons. The number of hydrogen-bond acceptors (Lipinski definition) is 5. The second kappa shape index (κ2) is 9.12. The van der Waals surface area contributed by atoms with E-state index in [0.29, 0.717) is 12.2 Å². The second-order valence-electron chi connectivity index (χ2n) is 8.04. The van der Waals surface area contributed by atoms with Crippen molar-refractivity contribution in [3.63, 3.8) is 0 Å². The van der Waals surface area contributed by atoms with Gasteiger partial charge in [0.05, 0.1) is 34.9 Å². The lowest BCUT2D eigenvalue weighted by Gasteiger charge is -2.29. The Hall–Kier alpha value is -3.19. The highest BCUT2D eigenvalue weighted by Crippen LogP contribution is 2.34. The minimum absolute atomic E-state index is 0.00787. The number of amides is 3. The Bertz CT molecular complexity index is 1100. The molecule has 1 fully saturated rings. The van der Waals surface area contributed by atoms with Crippen LogP contribution in [-0.4, -0.2) is 37.3 Å². The summed E-state index contributed by atoms with van der Waals surface area (Å²) in [5.74, 6) is -1.83. The molecule has 0 spiro atoms. The Morgan fingerprint density at radius 3 is 2.53 bits per heavy atom. The summed E-state index contributed by atoms with van der Waals surface area (Å²) in [5, 5.41) is 3.15. The third kappa shape index (κ3) is 4.00. The maximum absolute atomic E-state index is 13.0. The molecule has 3 amide bonds. The van der Waals surface area contributed by atoms with Gasteiger partial charge in [-0.3, -0.25) is 19.2 Å². The molecule has 7 nitrogen and oxygen atoms in total. The number of rotatable bonds is 5. The van der Waals surface area contributed by atoms with Crippen LogP contribution < -0.4 is 10.2 Å². The van der Waals surface area contributed by atoms with Crippen molar-refractivity contribution >= 4 is 41.0 Å². The molecule has 32 heavy (non-hydrogen) atoms. The van der Waals surface area contributed by atoms with Crippen molar-refractivity contribution in [1.82, 2.24) is 5.32 Å². The number of ether oxygens (including phenoxy) is 1. The smallest absolute Gasteiger partial charge is 0.309 e. The van der Waals surface area contributed by atoms with Crippen LogP contribution in [0, 0.1) is 11.8 Å². The van der Waals surface area contributed by atoms with E-state index in [-0.39, 0.29) is 45.4 Å². The lowest BCUT2D eigenvalue weighted by atomic mass is 9.79. The Morgan fingerprint density at radius 2 is 1.78 bits per heavy atom. The molecule has 2 aromatic carbocycles. The monoisotopic (exact) mass is 454 g/mol. The zero-order valence-corrected chi connectivity index (χ0v) is 18.4. The van der Waals surface area contributed by atoms with Crippen LogP contribution in [0.2, 0.25) is 5.02 Å². The molecule has 1 heterocycles. The first-order chi connectivity index (χ1) is 15.4. The highest BCUT2D eigenvalue weighted by Gasteiger charge is 2.38. The quantitative estimate of drug-likeness (QED) is 0.547. The fourth-order valence-corrected chi connectivity index (χ4v) is 4.69. The predicted octanol–water partition coefficient (Wildman–Crippen LogP) is 3.85. The normalized spacial score (nSPS) is 20.1. The molecule has 1 aliphatic heterocycles. The van der Waals surface area contributed by atoms with Crippen LogP contribution >= 0.6 is 11.6 Å². The summed E-state index contributed by atoms with van der Waals surface area (Å²) < 4.78 is 4.90. The van der Waals surface area contributed by atoms with Crippen LogP contribution in [-0.2, 0) is 9.53 Å². The molecule has 1 saturated carbocycles. The van der Waals surface area contributed by atoms with Crippen LogP contribution in [0.1, 0.15) is 56.8 Å². The number of carbonyl (C=O) groups excluding carboxylic acids is 4. The Morgan fingerprint density at radius 1 is 1.06 bits per heavy atom. The van der Waals surface area contributed by atoms with Crippen LogP contribution in [0.5, 0.6) is 0 Å². The van der Waals surface area contributed by atoms with E-state index in [2.05, 4.69) is 5.32 Å². The fraction of sp³-hybridized carbons (Fsp3) is 0.333. The molecule has 0 aromatic heterocycles. The van der Waals surface area contributed by atoms with Crippen molar-refractivity contribution < 1.29 is 23.9 Å². The van der Waals surface area contributed by atoms with Crippen molar-refractivity contribution in [2.75, 3.05) is 18.6 Å². The van der Waals surface area contributed by atoms with E-state index in [9.17, 15) is 19.2 Å². The van der Waals surface area contributed by atoms with Crippen molar-refractivity contribution in [2.45, 2.75) is 25.7 Å². The van der Waals surface area contributed by atoms with Gasteiger partial charge in [0.1, 0.15) is 0 Å². The van der Waals surface area contributed by atoms with Gasteiger partial charge in [-0.1, -0.05) is 36.6 Å². The minimum atomic E-state index is -0.522. The fourth-order valence-electron chi connectivity index (χ4n) is 4.47. The van der Waals surface area contributed by atoms with Crippen LogP contribution in [0.3, 0.4) is 0 Å². The first kappa shape index (κ1) is 22.0. The van der Waals surface area contributed by atoms with E-state index in [1.54, 1.807) is 24.3 Å². The van der Waals surface area contributed by atoms with Crippen LogP contribution in [0.4, 0.5) is 5.69 Å². The van der Waals surface area contributed by atoms with Gasteiger partial charge in [-0.2, -0.15) is 0 Å². The number of halogens is 1. The molecule has 1 aliphatic carbocycles. The Labute approximate surface area is 190 Å². The highest BCUT2D eigenvalue weighted by atomic mass is 35.5. The average Bonchev–Trinajstić information content (AvgIpc) is 3.07. The second-order valence-corrected chi connectivity index (χ2v) is 8.45. The summed E-state index contributed by atoms with van der Waals surface area (Å²) in [6.07, 6.45) is 3.55.